The maximum atomic E-state index is 13.1. The van der Waals surface area contributed by atoms with Crippen LogP contribution in [0.1, 0.15) is 10.4 Å². The van der Waals surface area contributed by atoms with Crippen LogP contribution < -0.4 is 0 Å². The van der Waals surface area contributed by atoms with Gasteiger partial charge in [0.2, 0.25) is 0 Å². The summed E-state index contributed by atoms with van der Waals surface area (Å²) in [5.74, 6) is 0.251. The fourth-order valence-corrected chi connectivity index (χ4v) is 1.81. The van der Waals surface area contributed by atoms with Crippen LogP contribution in [-0.4, -0.2) is 11.3 Å². The number of halogens is 1. The first kappa shape index (κ1) is 10.7. The largest absolute Gasteiger partial charge is 0.456 e. The standard InChI is InChI=1S/C14H8FNO2/c15-12-1-2-13-10(4-12)5-14(18-13)11-3-9(8-17)6-16-7-11/h1-8H. The number of hydrogen-bond acceptors (Lipinski definition) is 3. The van der Waals surface area contributed by atoms with E-state index < -0.39 is 0 Å². The van der Waals surface area contributed by atoms with Crippen molar-refractivity contribution in [2.24, 2.45) is 0 Å². The van der Waals surface area contributed by atoms with E-state index in [2.05, 4.69) is 4.98 Å². The van der Waals surface area contributed by atoms with Crippen LogP contribution in [0.25, 0.3) is 22.3 Å². The molecule has 88 valence electrons. The first-order valence-corrected chi connectivity index (χ1v) is 5.36. The number of nitrogens with zero attached hydrogens (tertiary/aromatic N) is 1. The maximum absolute atomic E-state index is 13.1. The molecule has 0 unspecified atom stereocenters. The van der Waals surface area contributed by atoms with Crippen molar-refractivity contribution in [3.8, 4) is 11.3 Å². The van der Waals surface area contributed by atoms with Crippen LogP contribution in [0.2, 0.25) is 0 Å². The Morgan fingerprint density at radius 3 is 2.89 bits per heavy atom. The topological polar surface area (TPSA) is 43.1 Å². The fraction of sp³-hybridized carbons (Fsp3) is 0. The van der Waals surface area contributed by atoms with Gasteiger partial charge in [-0.05, 0) is 30.3 Å². The summed E-state index contributed by atoms with van der Waals surface area (Å²) in [6.45, 7) is 0. The molecular formula is C14H8FNO2. The molecule has 3 aromatic rings. The van der Waals surface area contributed by atoms with Gasteiger partial charge in [-0.1, -0.05) is 0 Å². The summed E-state index contributed by atoms with van der Waals surface area (Å²) >= 11 is 0. The van der Waals surface area contributed by atoms with Crippen LogP contribution >= 0.6 is 0 Å². The summed E-state index contributed by atoms with van der Waals surface area (Å²) < 4.78 is 18.7. The van der Waals surface area contributed by atoms with Gasteiger partial charge < -0.3 is 4.42 Å². The molecule has 0 radical (unpaired) electrons. The Morgan fingerprint density at radius 1 is 1.17 bits per heavy atom. The zero-order valence-corrected chi connectivity index (χ0v) is 9.26. The Morgan fingerprint density at radius 2 is 2.06 bits per heavy atom. The van der Waals surface area contributed by atoms with Gasteiger partial charge in [0.15, 0.2) is 6.29 Å². The number of carbonyl (C=O) groups excluding carboxylic acids is 1. The number of furan rings is 1. The first-order valence-electron chi connectivity index (χ1n) is 5.36. The molecule has 0 spiro atoms. The highest BCUT2D eigenvalue weighted by molar-refractivity contribution is 5.84. The van der Waals surface area contributed by atoms with Crippen molar-refractivity contribution in [1.29, 1.82) is 0 Å². The molecule has 0 aliphatic rings. The molecule has 0 N–H and O–H groups in total. The van der Waals surface area contributed by atoms with Crippen LogP contribution in [0, 0.1) is 5.82 Å². The quantitative estimate of drug-likeness (QED) is 0.645. The highest BCUT2D eigenvalue weighted by Crippen LogP contribution is 2.28. The molecule has 4 heteroatoms. The number of benzene rings is 1. The lowest BCUT2D eigenvalue weighted by Gasteiger charge is -1.95. The average Bonchev–Trinajstić information content (AvgIpc) is 2.81. The normalized spacial score (nSPS) is 10.7. The summed E-state index contributed by atoms with van der Waals surface area (Å²) in [5.41, 5.74) is 1.76. The van der Waals surface area contributed by atoms with Crippen LogP contribution in [0.15, 0.2) is 47.1 Å². The number of pyridine rings is 1. The van der Waals surface area contributed by atoms with Crippen molar-refractivity contribution in [3.63, 3.8) is 0 Å². The first-order chi connectivity index (χ1) is 8.76. The fourth-order valence-electron chi connectivity index (χ4n) is 1.81. The summed E-state index contributed by atoms with van der Waals surface area (Å²) in [5, 5.41) is 0.682. The number of aromatic nitrogens is 1. The van der Waals surface area contributed by atoms with Crippen LogP contribution in [-0.2, 0) is 0 Å². The highest BCUT2D eigenvalue weighted by atomic mass is 19.1. The Bertz CT molecular complexity index is 733. The van der Waals surface area contributed by atoms with Gasteiger partial charge in [0.05, 0.1) is 0 Å². The zero-order chi connectivity index (χ0) is 12.5. The molecule has 1 aromatic carbocycles. The maximum Gasteiger partial charge on any atom is 0.151 e. The number of hydrogen-bond donors (Lipinski definition) is 0. The summed E-state index contributed by atoms with van der Waals surface area (Å²) in [7, 11) is 0. The molecule has 0 bridgehead atoms. The summed E-state index contributed by atoms with van der Waals surface area (Å²) in [6, 6.07) is 7.72. The molecule has 0 atom stereocenters. The van der Waals surface area contributed by atoms with Crippen molar-refractivity contribution in [1.82, 2.24) is 4.98 Å². The Balaban J connectivity index is 2.15. The van der Waals surface area contributed by atoms with Gasteiger partial charge >= 0.3 is 0 Å². The van der Waals surface area contributed by atoms with Gasteiger partial charge in [0.25, 0.3) is 0 Å². The van der Waals surface area contributed by atoms with E-state index in [1.54, 1.807) is 24.4 Å². The van der Waals surface area contributed by atoms with E-state index in [1.807, 2.05) is 0 Å². The van der Waals surface area contributed by atoms with E-state index >= 15 is 0 Å². The van der Waals surface area contributed by atoms with E-state index in [0.717, 1.165) is 6.29 Å². The van der Waals surface area contributed by atoms with Gasteiger partial charge in [0, 0.05) is 28.9 Å². The molecular weight excluding hydrogens is 233 g/mol. The lowest BCUT2D eigenvalue weighted by atomic mass is 10.1. The van der Waals surface area contributed by atoms with Crippen molar-refractivity contribution >= 4 is 17.3 Å². The lowest BCUT2D eigenvalue weighted by molar-refractivity contribution is 0.112. The minimum atomic E-state index is -0.311. The third kappa shape index (κ3) is 1.78. The van der Waals surface area contributed by atoms with E-state index in [4.69, 9.17) is 4.42 Å². The second-order valence-corrected chi connectivity index (χ2v) is 3.92. The summed E-state index contributed by atoms with van der Waals surface area (Å²) in [6.07, 6.45) is 3.79. The van der Waals surface area contributed by atoms with Crippen LogP contribution in [0.3, 0.4) is 0 Å². The van der Waals surface area contributed by atoms with E-state index in [0.29, 0.717) is 27.9 Å². The zero-order valence-electron chi connectivity index (χ0n) is 9.26. The van der Waals surface area contributed by atoms with E-state index in [1.165, 1.54) is 18.3 Å². The van der Waals surface area contributed by atoms with E-state index in [-0.39, 0.29) is 5.82 Å². The van der Waals surface area contributed by atoms with Gasteiger partial charge in [0.1, 0.15) is 17.2 Å². The molecule has 3 nitrogen and oxygen atoms in total. The van der Waals surface area contributed by atoms with Gasteiger partial charge in [-0.15, -0.1) is 0 Å². The van der Waals surface area contributed by atoms with Crippen molar-refractivity contribution in [3.05, 3.63) is 54.1 Å². The van der Waals surface area contributed by atoms with Gasteiger partial charge in [-0.25, -0.2) is 4.39 Å². The van der Waals surface area contributed by atoms with Crippen molar-refractivity contribution in [2.75, 3.05) is 0 Å². The predicted molar refractivity (Wildman–Crippen MR) is 64.8 cm³/mol. The SMILES string of the molecule is O=Cc1cncc(-c2cc3cc(F)ccc3o2)c1. The lowest BCUT2D eigenvalue weighted by Crippen LogP contribution is -1.83. The minimum absolute atomic E-state index is 0.311. The molecule has 2 aromatic heterocycles. The monoisotopic (exact) mass is 241 g/mol. The minimum Gasteiger partial charge on any atom is -0.456 e. The van der Waals surface area contributed by atoms with Crippen LogP contribution in [0.5, 0.6) is 0 Å². The third-order valence-electron chi connectivity index (χ3n) is 2.66. The number of rotatable bonds is 2. The van der Waals surface area contributed by atoms with Crippen LogP contribution in [0.4, 0.5) is 4.39 Å². The van der Waals surface area contributed by atoms with Gasteiger partial charge in [-0.3, -0.25) is 9.78 Å². The van der Waals surface area contributed by atoms with E-state index in [9.17, 15) is 9.18 Å². The molecule has 3 rings (SSSR count). The number of fused-ring (bicyclic) bond motifs is 1. The predicted octanol–water partition coefficient (Wildman–Crippen LogP) is 3.45. The van der Waals surface area contributed by atoms with Crippen molar-refractivity contribution in [2.45, 2.75) is 0 Å². The molecule has 0 aliphatic heterocycles. The Labute approximate surface area is 102 Å². The third-order valence-corrected chi connectivity index (χ3v) is 2.66. The molecule has 2 heterocycles. The molecule has 0 amide bonds. The summed E-state index contributed by atoms with van der Waals surface area (Å²) in [4.78, 5) is 14.6. The van der Waals surface area contributed by atoms with Gasteiger partial charge in [-0.2, -0.15) is 0 Å². The molecule has 0 saturated carbocycles. The second kappa shape index (κ2) is 4.07. The smallest absolute Gasteiger partial charge is 0.151 e. The molecule has 18 heavy (non-hydrogen) atoms. The molecule has 0 saturated heterocycles. The average molecular weight is 241 g/mol. The Kier molecular flexibility index (Phi) is 2.41. The van der Waals surface area contributed by atoms with Crippen molar-refractivity contribution < 1.29 is 13.6 Å². The highest BCUT2D eigenvalue weighted by Gasteiger charge is 2.07. The molecule has 0 fully saturated rings. The number of aldehydes is 1. The molecule has 0 aliphatic carbocycles. The number of carbonyl (C=O) groups is 1. The second-order valence-electron chi connectivity index (χ2n) is 3.92. The Hall–Kier alpha value is -2.49.